The molecule has 0 spiro atoms. The maximum atomic E-state index is 2.63. The molecule has 11 aromatic rings. The number of hydrogen-bond donors (Lipinski definition) is 0. The monoisotopic (exact) mass is 846 g/mol. The van der Waals surface area contributed by atoms with Crippen molar-refractivity contribution in [3.05, 3.63) is 239 Å². The highest BCUT2D eigenvalue weighted by molar-refractivity contribution is 6.17. The Morgan fingerprint density at radius 1 is 0.379 bits per heavy atom. The van der Waals surface area contributed by atoms with Crippen molar-refractivity contribution >= 4 is 77.6 Å². The number of aryl methyl sites for hydroxylation is 4. The van der Waals surface area contributed by atoms with Gasteiger partial charge in [-0.25, -0.2) is 0 Å². The number of anilines is 5. The van der Waals surface area contributed by atoms with E-state index in [-0.39, 0.29) is 6.04 Å². The molecule has 0 aliphatic heterocycles. The van der Waals surface area contributed by atoms with E-state index in [2.05, 4.69) is 250 Å². The van der Waals surface area contributed by atoms with Crippen molar-refractivity contribution in [3.63, 3.8) is 0 Å². The summed E-state index contributed by atoms with van der Waals surface area (Å²) in [6.07, 6.45) is 3.38. The van der Waals surface area contributed by atoms with Crippen LogP contribution in [0.25, 0.3) is 71.4 Å². The van der Waals surface area contributed by atoms with Crippen LogP contribution in [-0.2, 0) is 0 Å². The summed E-state index contributed by atoms with van der Waals surface area (Å²) in [5.74, 6) is 0. The van der Waals surface area contributed by atoms with Gasteiger partial charge in [-0.2, -0.15) is 0 Å². The number of nitrogens with zero attached hydrogens (tertiary/aromatic N) is 2. The molecule has 316 valence electrons. The Labute approximate surface area is 387 Å². The molecule has 0 amide bonds. The van der Waals surface area contributed by atoms with E-state index in [1.54, 1.807) is 0 Å². The lowest BCUT2D eigenvalue weighted by atomic mass is 9.85. The lowest BCUT2D eigenvalue weighted by Gasteiger charge is -2.38. The van der Waals surface area contributed by atoms with Gasteiger partial charge in [0, 0.05) is 22.4 Å². The Balaban J connectivity index is 1.00. The first-order valence-electron chi connectivity index (χ1n) is 23.3. The fraction of sp³-hybridized carbons (Fsp3) is 0.0938. The Morgan fingerprint density at radius 2 is 0.879 bits per heavy atom. The second kappa shape index (κ2) is 15.9. The van der Waals surface area contributed by atoms with Crippen molar-refractivity contribution in [2.75, 3.05) is 9.80 Å². The largest absolute Gasteiger partial charge is 0.333 e. The van der Waals surface area contributed by atoms with Gasteiger partial charge in [0.1, 0.15) is 0 Å². The predicted molar refractivity (Wildman–Crippen MR) is 283 cm³/mol. The topological polar surface area (TPSA) is 6.48 Å². The SMILES string of the molecule is Cc1cccc(C)c1N(c1ccc(-c2ccc3ccccc3c2)cc1)c1ccc2ccc3c4c(ccc1c24)=CCC3N(c1ccc(-c2ccc3ccccc3c2)cc1)c1c(C)cccc1C. The first kappa shape index (κ1) is 39.6. The van der Waals surface area contributed by atoms with Gasteiger partial charge in [-0.1, -0.05) is 170 Å². The van der Waals surface area contributed by atoms with Gasteiger partial charge in [0.05, 0.1) is 17.4 Å². The molecule has 0 aromatic heterocycles. The summed E-state index contributed by atoms with van der Waals surface area (Å²) >= 11 is 0. The zero-order valence-electron chi connectivity index (χ0n) is 37.9. The van der Waals surface area contributed by atoms with Crippen molar-refractivity contribution in [1.82, 2.24) is 0 Å². The lowest BCUT2D eigenvalue weighted by molar-refractivity contribution is 0.722. The standard InChI is InChI=1S/C64H50N2/c1-41-11-9-12-42(2)63(41)65(55-31-23-47(24-32-55)53-21-19-45-15-5-7-17-51(45)39-53)59-37-29-49-28-36-58-60(38-30-50-27-35-57(59)61(49)62(50)58)66(64-43(3)13-10-14-44(64)4)56-33-25-48(26-34-56)54-22-20-46-16-6-8-18-52(46)40-54/h5-37,39-40,60H,38H2,1-4H3. The normalized spacial score (nSPS) is 13.4. The molecule has 11 aromatic carbocycles. The van der Waals surface area contributed by atoms with E-state index in [0.717, 1.165) is 12.1 Å². The highest BCUT2D eigenvalue weighted by Gasteiger charge is 2.30. The molecular weight excluding hydrogens is 797 g/mol. The van der Waals surface area contributed by atoms with E-state index >= 15 is 0 Å². The van der Waals surface area contributed by atoms with Gasteiger partial charge >= 0.3 is 0 Å². The number of fused-ring (bicyclic) bond motifs is 2. The maximum absolute atomic E-state index is 2.63. The molecule has 1 atom stereocenters. The quantitative estimate of drug-likeness (QED) is 0.150. The molecule has 2 heteroatoms. The molecule has 12 rings (SSSR count). The van der Waals surface area contributed by atoms with Crippen molar-refractivity contribution in [1.29, 1.82) is 0 Å². The van der Waals surface area contributed by atoms with Crippen molar-refractivity contribution in [2.45, 2.75) is 40.2 Å². The Hall–Kier alpha value is -7.94. The van der Waals surface area contributed by atoms with Crippen LogP contribution in [0.2, 0.25) is 0 Å². The fourth-order valence-corrected chi connectivity index (χ4v) is 11.0. The first-order chi connectivity index (χ1) is 32.4. The van der Waals surface area contributed by atoms with Crippen molar-refractivity contribution < 1.29 is 0 Å². The van der Waals surface area contributed by atoms with Crippen LogP contribution in [0.4, 0.5) is 28.4 Å². The van der Waals surface area contributed by atoms with Crippen LogP contribution in [0.5, 0.6) is 0 Å². The molecule has 0 radical (unpaired) electrons. The minimum atomic E-state index is 0.0832. The van der Waals surface area contributed by atoms with Crippen molar-refractivity contribution in [2.24, 2.45) is 0 Å². The summed E-state index contributed by atoms with van der Waals surface area (Å²) in [6, 6.07) is 76.9. The van der Waals surface area contributed by atoms with Gasteiger partial charge in [0.25, 0.3) is 0 Å². The average Bonchev–Trinajstić information content (AvgIpc) is 3.35. The van der Waals surface area contributed by atoms with E-state index in [4.69, 9.17) is 0 Å². The fourth-order valence-electron chi connectivity index (χ4n) is 11.0. The Kier molecular flexibility index (Phi) is 9.57. The third-order valence-corrected chi connectivity index (χ3v) is 14.2. The zero-order valence-corrected chi connectivity index (χ0v) is 37.9. The maximum Gasteiger partial charge on any atom is 0.0632 e. The third-order valence-electron chi connectivity index (χ3n) is 14.2. The van der Waals surface area contributed by atoms with Crippen LogP contribution in [-0.4, -0.2) is 0 Å². The molecule has 0 heterocycles. The number of hydrogen-bond acceptors (Lipinski definition) is 2. The van der Waals surface area contributed by atoms with E-state index in [1.807, 2.05) is 0 Å². The van der Waals surface area contributed by atoms with Crippen LogP contribution in [0.1, 0.15) is 40.3 Å². The van der Waals surface area contributed by atoms with E-state index in [0.29, 0.717) is 0 Å². The third kappa shape index (κ3) is 6.63. The highest BCUT2D eigenvalue weighted by Crippen LogP contribution is 2.48. The van der Waals surface area contributed by atoms with Gasteiger partial charge in [-0.3, -0.25) is 0 Å². The highest BCUT2D eigenvalue weighted by atomic mass is 15.2. The molecule has 0 saturated heterocycles. The molecule has 1 unspecified atom stereocenters. The number of rotatable bonds is 8. The molecule has 1 aliphatic carbocycles. The summed E-state index contributed by atoms with van der Waals surface area (Å²) < 4.78 is 0. The van der Waals surface area contributed by atoms with E-state index in [1.165, 1.54) is 121 Å². The molecule has 2 nitrogen and oxygen atoms in total. The van der Waals surface area contributed by atoms with Crippen LogP contribution < -0.4 is 15.0 Å². The molecule has 66 heavy (non-hydrogen) atoms. The smallest absolute Gasteiger partial charge is 0.0632 e. The zero-order chi connectivity index (χ0) is 44.5. The van der Waals surface area contributed by atoms with Gasteiger partial charge in [-0.15, -0.1) is 0 Å². The summed E-state index contributed by atoms with van der Waals surface area (Å²) in [4.78, 5) is 5.13. The van der Waals surface area contributed by atoms with Gasteiger partial charge in [0.15, 0.2) is 0 Å². The van der Waals surface area contributed by atoms with E-state index in [9.17, 15) is 0 Å². The van der Waals surface area contributed by atoms with Crippen LogP contribution in [0, 0.1) is 27.7 Å². The lowest BCUT2D eigenvalue weighted by Crippen LogP contribution is -2.28. The average molecular weight is 847 g/mol. The van der Waals surface area contributed by atoms with Gasteiger partial charge in [0.2, 0.25) is 0 Å². The van der Waals surface area contributed by atoms with E-state index < -0.39 is 0 Å². The summed E-state index contributed by atoms with van der Waals surface area (Å²) in [5, 5.41) is 11.5. The Bertz CT molecular complexity index is 3690. The minimum Gasteiger partial charge on any atom is -0.333 e. The van der Waals surface area contributed by atoms with Crippen molar-refractivity contribution in [3.8, 4) is 22.3 Å². The molecule has 0 N–H and O–H groups in total. The number of para-hydroxylation sites is 2. The second-order valence-electron chi connectivity index (χ2n) is 18.3. The summed E-state index contributed by atoms with van der Waals surface area (Å²) in [6.45, 7) is 9.00. The van der Waals surface area contributed by atoms with Crippen LogP contribution in [0.3, 0.4) is 0 Å². The molecule has 0 saturated carbocycles. The first-order valence-corrected chi connectivity index (χ1v) is 23.3. The summed E-state index contributed by atoms with van der Waals surface area (Å²) in [7, 11) is 0. The second-order valence-corrected chi connectivity index (χ2v) is 18.3. The summed E-state index contributed by atoms with van der Waals surface area (Å²) in [5.41, 5.74) is 17.3. The number of benzene rings is 11. The Morgan fingerprint density at radius 3 is 1.47 bits per heavy atom. The molecule has 1 aliphatic rings. The molecule has 0 bridgehead atoms. The molecular formula is C64H50N2. The van der Waals surface area contributed by atoms with Crippen LogP contribution >= 0.6 is 0 Å². The van der Waals surface area contributed by atoms with Gasteiger partial charge < -0.3 is 9.80 Å². The predicted octanol–water partition coefficient (Wildman–Crippen LogP) is 17.1. The molecule has 0 fully saturated rings. The minimum absolute atomic E-state index is 0.0832. The van der Waals surface area contributed by atoms with Crippen LogP contribution in [0.15, 0.2) is 206 Å². The van der Waals surface area contributed by atoms with Gasteiger partial charge in [-0.05, 0) is 170 Å².